The van der Waals surface area contributed by atoms with E-state index in [2.05, 4.69) is 10.3 Å². The summed E-state index contributed by atoms with van der Waals surface area (Å²) >= 11 is 1.33. The number of anilines is 1. The van der Waals surface area contributed by atoms with Gasteiger partial charge in [-0.1, -0.05) is 11.3 Å². The molecule has 1 aromatic heterocycles. The van der Waals surface area contributed by atoms with Gasteiger partial charge in [-0.2, -0.15) is 0 Å². The fourth-order valence-corrected chi connectivity index (χ4v) is 4.50. The van der Waals surface area contributed by atoms with Gasteiger partial charge in [-0.25, -0.2) is 4.98 Å². The van der Waals surface area contributed by atoms with Crippen molar-refractivity contribution in [3.05, 3.63) is 18.2 Å². The van der Waals surface area contributed by atoms with Crippen LogP contribution in [-0.4, -0.2) is 41.3 Å². The molecular formula is C16H16N2O5S. The minimum absolute atomic E-state index is 0.314. The molecule has 7 nitrogen and oxygen atoms in total. The second kappa shape index (κ2) is 5.71. The van der Waals surface area contributed by atoms with Gasteiger partial charge in [0, 0.05) is 0 Å². The van der Waals surface area contributed by atoms with Crippen LogP contribution in [0.1, 0.15) is 12.8 Å². The van der Waals surface area contributed by atoms with Crippen molar-refractivity contribution in [1.82, 2.24) is 4.98 Å². The van der Waals surface area contributed by atoms with Crippen molar-refractivity contribution in [1.29, 1.82) is 0 Å². The number of carbonyl (C=O) groups excluding carboxylic acids is 1. The van der Waals surface area contributed by atoms with Crippen LogP contribution in [0.5, 0.6) is 5.75 Å². The molecule has 2 saturated heterocycles. The molecule has 2 N–H and O–H groups in total. The van der Waals surface area contributed by atoms with Gasteiger partial charge in [0.2, 0.25) is 5.91 Å². The van der Waals surface area contributed by atoms with E-state index in [1.165, 1.54) is 11.3 Å². The van der Waals surface area contributed by atoms with Crippen molar-refractivity contribution < 1.29 is 24.2 Å². The van der Waals surface area contributed by atoms with E-state index in [0.717, 1.165) is 22.4 Å². The highest BCUT2D eigenvalue weighted by atomic mass is 32.1. The van der Waals surface area contributed by atoms with E-state index < -0.39 is 17.8 Å². The van der Waals surface area contributed by atoms with E-state index >= 15 is 0 Å². The molecule has 0 unspecified atom stereocenters. The molecule has 2 fully saturated rings. The van der Waals surface area contributed by atoms with E-state index in [9.17, 15) is 14.7 Å². The summed E-state index contributed by atoms with van der Waals surface area (Å²) in [4.78, 5) is 28.5. The van der Waals surface area contributed by atoms with Gasteiger partial charge in [0.05, 0.1) is 41.4 Å². The number of amides is 1. The Morgan fingerprint density at radius 3 is 2.79 bits per heavy atom. The summed E-state index contributed by atoms with van der Waals surface area (Å²) in [7, 11) is 1.59. The minimum atomic E-state index is -0.976. The molecule has 1 aromatic carbocycles. The summed E-state index contributed by atoms with van der Waals surface area (Å²) in [5.74, 6) is -2.03. The van der Waals surface area contributed by atoms with E-state index in [1.807, 2.05) is 12.1 Å². The maximum atomic E-state index is 12.6. The summed E-state index contributed by atoms with van der Waals surface area (Å²) in [6.07, 6.45) is 0.754. The Balaban J connectivity index is 1.56. The van der Waals surface area contributed by atoms with Crippen LogP contribution in [-0.2, 0) is 14.3 Å². The van der Waals surface area contributed by atoms with Crippen LogP contribution < -0.4 is 10.1 Å². The molecule has 2 aliphatic rings. The number of carboxylic acids is 1. The summed E-state index contributed by atoms with van der Waals surface area (Å²) in [5.41, 5.74) is 0.759. The van der Waals surface area contributed by atoms with Gasteiger partial charge < -0.3 is 19.9 Å². The Kier molecular flexibility index (Phi) is 3.65. The highest BCUT2D eigenvalue weighted by Gasteiger charge is 2.55. The van der Waals surface area contributed by atoms with Gasteiger partial charge in [-0.3, -0.25) is 9.59 Å². The minimum Gasteiger partial charge on any atom is -0.497 e. The molecule has 0 saturated carbocycles. The first-order valence-electron chi connectivity index (χ1n) is 7.70. The van der Waals surface area contributed by atoms with Crippen molar-refractivity contribution in [3.8, 4) is 5.75 Å². The topological polar surface area (TPSA) is 97.8 Å². The smallest absolute Gasteiger partial charge is 0.310 e. The van der Waals surface area contributed by atoms with E-state index in [-0.39, 0.29) is 18.1 Å². The third-order valence-electron chi connectivity index (χ3n) is 4.69. The third kappa shape index (κ3) is 2.42. The standard InChI is InChI=1S/C16H16N2O5S/c1-22-7-2-3-8-11(6-7)24-16(17-8)18-14(19)12-9-4-5-10(23-9)13(12)15(20)21/h2-3,6,9-10,12-13H,4-5H2,1H3,(H,20,21)(H,17,18,19)/t9-,10+,12+,13+/m1/s1. The summed E-state index contributed by atoms with van der Waals surface area (Å²) in [6, 6.07) is 5.47. The number of hydrogen-bond donors (Lipinski definition) is 2. The summed E-state index contributed by atoms with van der Waals surface area (Å²) in [5, 5.41) is 12.6. The van der Waals surface area contributed by atoms with Crippen LogP contribution in [0.25, 0.3) is 10.2 Å². The lowest BCUT2D eigenvalue weighted by Crippen LogP contribution is -2.40. The molecule has 2 bridgehead atoms. The molecule has 2 aromatic rings. The van der Waals surface area contributed by atoms with Gasteiger partial charge in [0.15, 0.2) is 5.13 Å². The van der Waals surface area contributed by atoms with Crippen molar-refractivity contribution in [3.63, 3.8) is 0 Å². The number of aromatic nitrogens is 1. The second-order valence-electron chi connectivity index (χ2n) is 6.02. The first-order valence-corrected chi connectivity index (χ1v) is 8.52. The average Bonchev–Trinajstić information content (AvgIpc) is 3.26. The van der Waals surface area contributed by atoms with Crippen LogP contribution in [0.3, 0.4) is 0 Å². The SMILES string of the molecule is COc1ccc2nc(NC(=O)[C@@H]3[C@@H](C(=O)O)[C@@H]4CC[C@H]3O4)sc2c1. The van der Waals surface area contributed by atoms with Crippen LogP contribution in [0, 0.1) is 11.8 Å². The molecule has 24 heavy (non-hydrogen) atoms. The molecule has 4 rings (SSSR count). The van der Waals surface area contributed by atoms with Crippen LogP contribution in [0.4, 0.5) is 5.13 Å². The van der Waals surface area contributed by atoms with Crippen molar-refractivity contribution >= 4 is 38.6 Å². The molecule has 0 spiro atoms. The monoisotopic (exact) mass is 348 g/mol. The Morgan fingerprint density at radius 2 is 2.08 bits per heavy atom. The fraction of sp³-hybridized carbons (Fsp3) is 0.438. The van der Waals surface area contributed by atoms with Crippen LogP contribution in [0.15, 0.2) is 18.2 Å². The Morgan fingerprint density at radius 1 is 1.33 bits per heavy atom. The van der Waals surface area contributed by atoms with E-state index in [0.29, 0.717) is 11.6 Å². The predicted octanol–water partition coefficient (Wildman–Crippen LogP) is 2.12. The third-order valence-corrected chi connectivity index (χ3v) is 5.62. The first kappa shape index (κ1) is 15.3. The summed E-state index contributed by atoms with van der Waals surface area (Å²) < 4.78 is 11.7. The van der Waals surface area contributed by atoms with Gasteiger partial charge in [-0.05, 0) is 31.0 Å². The number of carbonyl (C=O) groups is 2. The number of thiazole rings is 1. The normalized spacial score (nSPS) is 28.2. The number of benzene rings is 1. The lowest BCUT2D eigenvalue weighted by atomic mass is 9.79. The largest absolute Gasteiger partial charge is 0.497 e. The van der Waals surface area contributed by atoms with Gasteiger partial charge in [0.1, 0.15) is 5.75 Å². The van der Waals surface area contributed by atoms with Crippen molar-refractivity contribution in [2.24, 2.45) is 11.8 Å². The Labute approximate surface area is 141 Å². The lowest BCUT2D eigenvalue weighted by molar-refractivity contribution is -0.147. The van der Waals surface area contributed by atoms with Gasteiger partial charge >= 0.3 is 5.97 Å². The molecule has 0 radical (unpaired) electrons. The zero-order valence-electron chi connectivity index (χ0n) is 12.9. The van der Waals surface area contributed by atoms with Gasteiger partial charge in [-0.15, -0.1) is 0 Å². The molecule has 2 aliphatic heterocycles. The number of aliphatic carboxylic acids is 1. The average molecular weight is 348 g/mol. The zero-order chi connectivity index (χ0) is 16.8. The number of fused-ring (bicyclic) bond motifs is 3. The predicted molar refractivity (Wildman–Crippen MR) is 87.3 cm³/mol. The molecule has 4 atom stereocenters. The molecule has 0 aliphatic carbocycles. The second-order valence-corrected chi connectivity index (χ2v) is 7.05. The molecule has 1 amide bonds. The number of nitrogens with zero attached hydrogens (tertiary/aromatic N) is 1. The highest BCUT2D eigenvalue weighted by Crippen LogP contribution is 2.44. The summed E-state index contributed by atoms with van der Waals surface area (Å²) in [6.45, 7) is 0. The quantitative estimate of drug-likeness (QED) is 0.878. The van der Waals surface area contributed by atoms with E-state index in [1.54, 1.807) is 13.2 Å². The maximum Gasteiger partial charge on any atom is 0.310 e. The number of rotatable bonds is 4. The zero-order valence-corrected chi connectivity index (χ0v) is 13.7. The van der Waals surface area contributed by atoms with Gasteiger partial charge in [0.25, 0.3) is 0 Å². The Hall–Kier alpha value is -2.19. The Bertz CT molecular complexity index is 820. The fourth-order valence-electron chi connectivity index (χ4n) is 3.60. The molecule has 3 heterocycles. The number of ether oxygens (including phenoxy) is 2. The molecule has 8 heteroatoms. The van der Waals surface area contributed by atoms with Crippen molar-refractivity contribution in [2.75, 3.05) is 12.4 Å². The molecular weight excluding hydrogens is 332 g/mol. The van der Waals surface area contributed by atoms with E-state index in [4.69, 9.17) is 9.47 Å². The number of nitrogens with one attached hydrogen (secondary N) is 1. The number of carboxylic acid groups (broad SMARTS) is 1. The maximum absolute atomic E-state index is 12.6. The lowest BCUT2D eigenvalue weighted by Gasteiger charge is -2.23. The van der Waals surface area contributed by atoms with Crippen LogP contribution >= 0.6 is 11.3 Å². The highest BCUT2D eigenvalue weighted by molar-refractivity contribution is 7.22. The number of hydrogen-bond acceptors (Lipinski definition) is 6. The first-order chi connectivity index (χ1) is 11.6. The van der Waals surface area contributed by atoms with Crippen molar-refractivity contribution in [2.45, 2.75) is 25.0 Å². The number of methoxy groups -OCH3 is 1. The van der Waals surface area contributed by atoms with Crippen LogP contribution in [0.2, 0.25) is 0 Å². The molecule has 126 valence electrons.